The number of carbonyl (C=O) groups is 2. The molecule has 0 aromatic heterocycles. The van der Waals surface area contributed by atoms with Crippen molar-refractivity contribution in [3.8, 4) is 0 Å². The fourth-order valence-electron chi connectivity index (χ4n) is 4.71. The molecule has 2 N–H and O–H groups in total. The Labute approximate surface area is 184 Å². The molecule has 1 saturated heterocycles. The highest BCUT2D eigenvalue weighted by atomic mass is 35.5. The predicted molar refractivity (Wildman–Crippen MR) is 108 cm³/mol. The highest BCUT2D eigenvalue weighted by Gasteiger charge is 2.62. The molecule has 1 aromatic carbocycles. The lowest BCUT2D eigenvalue weighted by Gasteiger charge is -2.46. The minimum atomic E-state index is -4.81. The Morgan fingerprint density at radius 1 is 1.19 bits per heavy atom. The summed E-state index contributed by atoms with van der Waals surface area (Å²) in [5.41, 5.74) is -2.13. The van der Waals surface area contributed by atoms with E-state index in [1.165, 1.54) is 4.90 Å². The van der Waals surface area contributed by atoms with Crippen molar-refractivity contribution in [1.82, 2.24) is 4.90 Å². The topological polar surface area (TPSA) is 77.8 Å². The highest BCUT2D eigenvalue weighted by molar-refractivity contribution is 6.30. The van der Waals surface area contributed by atoms with Gasteiger partial charge in [-0.2, -0.15) is 13.2 Å². The zero-order valence-electron chi connectivity index (χ0n) is 17.2. The monoisotopic (exact) mass is 461 g/mol. The second kappa shape index (κ2) is 8.98. The van der Waals surface area contributed by atoms with Gasteiger partial charge in [0.1, 0.15) is 0 Å². The van der Waals surface area contributed by atoms with Crippen molar-refractivity contribution in [2.45, 2.75) is 75.7 Å². The van der Waals surface area contributed by atoms with Crippen molar-refractivity contribution in [1.29, 1.82) is 0 Å². The molecule has 31 heavy (non-hydrogen) atoms. The van der Waals surface area contributed by atoms with Crippen molar-refractivity contribution in [3.63, 3.8) is 0 Å². The largest absolute Gasteiger partial charge is 0.481 e. The van der Waals surface area contributed by atoms with E-state index in [1.54, 1.807) is 31.2 Å². The average molecular weight is 462 g/mol. The molecular formula is C22H27ClF3NO4. The smallest absolute Gasteiger partial charge is 0.417 e. The number of hydrogen-bond donors (Lipinski definition) is 2. The van der Waals surface area contributed by atoms with Crippen molar-refractivity contribution in [2.75, 3.05) is 0 Å². The first-order chi connectivity index (χ1) is 14.5. The maximum Gasteiger partial charge on any atom is 0.417 e. The molecule has 3 rings (SSSR count). The Morgan fingerprint density at radius 3 is 2.29 bits per heavy atom. The average Bonchev–Trinajstić information content (AvgIpc) is 3.53. The number of nitrogens with zero attached hydrogens (tertiary/aromatic N) is 1. The molecule has 3 unspecified atom stereocenters. The lowest BCUT2D eigenvalue weighted by molar-refractivity contribution is -0.275. The van der Waals surface area contributed by atoms with Gasteiger partial charge >= 0.3 is 12.1 Å². The van der Waals surface area contributed by atoms with E-state index in [4.69, 9.17) is 11.6 Å². The van der Waals surface area contributed by atoms with Crippen LogP contribution in [0.3, 0.4) is 0 Å². The third-order valence-electron chi connectivity index (χ3n) is 6.56. The Kier molecular flexibility index (Phi) is 6.91. The first-order valence-corrected chi connectivity index (χ1v) is 10.9. The van der Waals surface area contributed by atoms with Gasteiger partial charge < -0.3 is 15.1 Å². The molecule has 1 saturated carbocycles. The van der Waals surface area contributed by atoms with Gasteiger partial charge in [-0.25, -0.2) is 0 Å². The summed E-state index contributed by atoms with van der Waals surface area (Å²) in [6, 6.07) is 5.39. The highest BCUT2D eigenvalue weighted by Crippen LogP contribution is 2.52. The number of halogens is 4. The first-order valence-electron chi connectivity index (χ1n) is 10.6. The quantitative estimate of drug-likeness (QED) is 0.573. The predicted octanol–water partition coefficient (Wildman–Crippen LogP) is 4.97. The summed E-state index contributed by atoms with van der Waals surface area (Å²) in [6.45, 7) is 1.68. The van der Waals surface area contributed by atoms with Gasteiger partial charge in [0.2, 0.25) is 5.91 Å². The maximum atomic E-state index is 13.8. The number of carbonyl (C=O) groups excluding carboxylic acids is 1. The fraction of sp³-hybridized carbons (Fsp3) is 0.636. The number of alkyl halides is 3. The molecule has 0 radical (unpaired) electrons. The first kappa shape index (κ1) is 23.9. The number of aliphatic hydroxyl groups is 1. The van der Waals surface area contributed by atoms with Gasteiger partial charge in [-0.05, 0) is 55.7 Å². The van der Waals surface area contributed by atoms with Gasteiger partial charge in [0.25, 0.3) is 0 Å². The SMILES string of the molecule is CC[C@@H](CC(O)(C1CC1)C(F)(F)F)N1C(=O)C(CC(=O)O)CCC1c1ccc(Cl)cc1. The zero-order valence-corrected chi connectivity index (χ0v) is 18.0. The number of rotatable bonds is 8. The normalized spacial score (nSPS) is 25.2. The molecule has 1 aromatic rings. The number of likely N-dealkylation sites (tertiary alicyclic amines) is 1. The lowest BCUT2D eigenvalue weighted by Crippen LogP contribution is -2.56. The van der Waals surface area contributed by atoms with E-state index in [-0.39, 0.29) is 12.8 Å². The molecule has 9 heteroatoms. The lowest BCUT2D eigenvalue weighted by atomic mass is 9.81. The van der Waals surface area contributed by atoms with Crippen molar-refractivity contribution in [2.24, 2.45) is 11.8 Å². The van der Waals surface area contributed by atoms with Gasteiger partial charge in [-0.15, -0.1) is 0 Å². The molecule has 1 amide bonds. The molecule has 172 valence electrons. The van der Waals surface area contributed by atoms with Crippen molar-refractivity contribution < 1.29 is 33.0 Å². The molecule has 2 aliphatic rings. The standard InChI is InChI=1S/C22H27ClF3NO4/c1-2-17(12-21(31,15-6-7-15)22(24,25)26)27-18(13-3-8-16(23)9-4-13)10-5-14(20(27)30)11-19(28)29/h3-4,8-9,14-15,17-18,31H,2,5-7,10-12H2,1H3,(H,28,29)/t14?,17-,18?,21?/m0/s1. The Bertz CT molecular complexity index is 812. The van der Waals surface area contributed by atoms with Crippen molar-refractivity contribution >= 4 is 23.5 Å². The minimum absolute atomic E-state index is 0.209. The second-order valence-corrected chi connectivity index (χ2v) is 9.08. The summed E-state index contributed by atoms with van der Waals surface area (Å²) < 4.78 is 41.5. The van der Waals surface area contributed by atoms with Crippen LogP contribution in [0.1, 0.15) is 63.5 Å². The molecule has 5 nitrogen and oxygen atoms in total. The van der Waals surface area contributed by atoms with Crippen molar-refractivity contribution in [3.05, 3.63) is 34.9 Å². The van der Waals surface area contributed by atoms with Crippen LogP contribution in [-0.2, 0) is 9.59 Å². The number of hydrogen-bond acceptors (Lipinski definition) is 3. The summed E-state index contributed by atoms with van der Waals surface area (Å²) in [5, 5.41) is 20.3. The molecule has 1 aliphatic heterocycles. The Morgan fingerprint density at radius 2 is 1.81 bits per heavy atom. The van der Waals surface area contributed by atoms with Crippen LogP contribution >= 0.6 is 11.6 Å². The number of aliphatic carboxylic acids is 1. The minimum Gasteiger partial charge on any atom is -0.481 e. The number of carboxylic acid groups (broad SMARTS) is 1. The maximum absolute atomic E-state index is 13.8. The summed E-state index contributed by atoms with van der Waals surface area (Å²) in [7, 11) is 0. The molecular weight excluding hydrogens is 435 g/mol. The third kappa shape index (κ3) is 5.00. The molecule has 1 heterocycles. The fourth-order valence-corrected chi connectivity index (χ4v) is 4.83. The second-order valence-electron chi connectivity index (χ2n) is 8.65. The van der Waals surface area contributed by atoms with Gasteiger partial charge in [-0.3, -0.25) is 9.59 Å². The number of benzene rings is 1. The Hall–Kier alpha value is -1.80. The van der Waals surface area contributed by atoms with E-state index in [2.05, 4.69) is 0 Å². The molecule has 1 aliphatic carbocycles. The number of piperidine rings is 1. The molecule has 0 spiro atoms. The van der Waals surface area contributed by atoms with Gasteiger partial charge in [-0.1, -0.05) is 30.7 Å². The molecule has 2 fully saturated rings. The number of amides is 1. The van der Waals surface area contributed by atoms with Crippen LogP contribution in [0.5, 0.6) is 0 Å². The molecule has 4 atom stereocenters. The summed E-state index contributed by atoms with van der Waals surface area (Å²) in [6.07, 6.45) is -4.24. The van der Waals surface area contributed by atoms with Crippen LogP contribution in [0, 0.1) is 11.8 Å². The van der Waals surface area contributed by atoms with Gasteiger partial charge in [0.15, 0.2) is 5.60 Å². The van der Waals surface area contributed by atoms with Crippen LogP contribution in [0.4, 0.5) is 13.2 Å². The molecule has 0 bridgehead atoms. The van der Waals surface area contributed by atoms with Crippen LogP contribution in [0.15, 0.2) is 24.3 Å². The summed E-state index contributed by atoms with van der Waals surface area (Å²) in [4.78, 5) is 25.9. The van der Waals surface area contributed by atoms with Crippen LogP contribution in [0.2, 0.25) is 5.02 Å². The Balaban J connectivity index is 1.96. The van der Waals surface area contributed by atoms with E-state index < -0.39 is 54.0 Å². The van der Waals surface area contributed by atoms with E-state index in [9.17, 15) is 33.0 Å². The summed E-state index contributed by atoms with van der Waals surface area (Å²) >= 11 is 5.96. The van der Waals surface area contributed by atoms with E-state index >= 15 is 0 Å². The van der Waals surface area contributed by atoms with E-state index in [1.807, 2.05) is 0 Å². The van der Waals surface area contributed by atoms with Crippen LogP contribution in [0.25, 0.3) is 0 Å². The van der Waals surface area contributed by atoms with E-state index in [0.29, 0.717) is 30.7 Å². The van der Waals surface area contributed by atoms with Crippen LogP contribution in [-0.4, -0.2) is 44.8 Å². The van der Waals surface area contributed by atoms with Gasteiger partial charge in [0, 0.05) is 23.4 Å². The third-order valence-corrected chi connectivity index (χ3v) is 6.81. The number of carboxylic acids is 1. The van der Waals surface area contributed by atoms with Crippen LogP contribution < -0.4 is 0 Å². The van der Waals surface area contributed by atoms with E-state index in [0.717, 1.165) is 5.56 Å². The summed E-state index contributed by atoms with van der Waals surface area (Å²) in [5.74, 6) is -3.26. The van der Waals surface area contributed by atoms with Gasteiger partial charge in [0.05, 0.1) is 12.5 Å². The zero-order chi connectivity index (χ0) is 23.0.